The van der Waals surface area contributed by atoms with Crippen molar-refractivity contribution in [2.75, 3.05) is 13.4 Å². The number of pyridine rings is 1. The molecule has 8 nitrogen and oxygen atoms in total. The van der Waals surface area contributed by atoms with E-state index in [1.54, 1.807) is 0 Å². The van der Waals surface area contributed by atoms with Gasteiger partial charge in [-0.25, -0.2) is 27.9 Å². The molecule has 0 saturated carbocycles. The zero-order valence-corrected chi connectivity index (χ0v) is 11.0. The second kappa shape index (κ2) is 4.76. The van der Waals surface area contributed by atoms with E-state index in [2.05, 4.69) is 19.8 Å². The van der Waals surface area contributed by atoms with Crippen molar-refractivity contribution in [3.63, 3.8) is 0 Å². The standard InChI is InChI=1S/C10H10N4O4S/c1-18-10(15)8-12-6-14(13-8)9-7(19(2,16)17)4-3-5-11-9/h3-6H,1-2H3. The lowest BCUT2D eigenvalue weighted by Crippen LogP contribution is -2.09. The monoisotopic (exact) mass is 282 g/mol. The van der Waals surface area contributed by atoms with Gasteiger partial charge in [-0.05, 0) is 12.1 Å². The number of carbonyl (C=O) groups is 1. The number of nitrogens with zero attached hydrogens (tertiary/aromatic N) is 4. The molecule has 0 unspecified atom stereocenters. The van der Waals surface area contributed by atoms with Gasteiger partial charge in [0.15, 0.2) is 15.7 Å². The van der Waals surface area contributed by atoms with Crippen LogP contribution in [0.5, 0.6) is 0 Å². The summed E-state index contributed by atoms with van der Waals surface area (Å²) in [7, 11) is -2.27. The zero-order chi connectivity index (χ0) is 14.0. The third-order valence-corrected chi connectivity index (χ3v) is 3.34. The minimum Gasteiger partial charge on any atom is -0.463 e. The summed E-state index contributed by atoms with van der Waals surface area (Å²) in [6, 6.07) is 2.90. The van der Waals surface area contributed by atoms with Crippen LogP contribution in [0.1, 0.15) is 10.6 Å². The number of hydrogen-bond donors (Lipinski definition) is 0. The van der Waals surface area contributed by atoms with Crippen molar-refractivity contribution in [2.24, 2.45) is 0 Å². The van der Waals surface area contributed by atoms with Gasteiger partial charge in [0.1, 0.15) is 11.2 Å². The fourth-order valence-corrected chi connectivity index (χ4v) is 2.20. The number of aromatic nitrogens is 4. The minimum atomic E-state index is -3.47. The Kier molecular flexibility index (Phi) is 3.30. The molecule has 2 aromatic heterocycles. The Morgan fingerprint density at radius 1 is 1.37 bits per heavy atom. The Labute approximate surface area is 109 Å². The summed E-state index contributed by atoms with van der Waals surface area (Å²) in [5.41, 5.74) is 0. The van der Waals surface area contributed by atoms with Crippen LogP contribution in [0.15, 0.2) is 29.6 Å². The summed E-state index contributed by atoms with van der Waals surface area (Å²) in [6.45, 7) is 0. The molecule has 2 heterocycles. The fourth-order valence-electron chi connectivity index (χ4n) is 1.39. The second-order valence-corrected chi connectivity index (χ2v) is 5.59. The van der Waals surface area contributed by atoms with E-state index in [9.17, 15) is 13.2 Å². The highest BCUT2D eigenvalue weighted by Crippen LogP contribution is 2.16. The summed E-state index contributed by atoms with van der Waals surface area (Å²) in [5.74, 6) is -0.809. The molecule has 0 aliphatic carbocycles. The van der Waals surface area contributed by atoms with Crippen molar-refractivity contribution in [2.45, 2.75) is 4.90 Å². The Bertz CT molecular complexity index is 723. The van der Waals surface area contributed by atoms with Gasteiger partial charge in [0, 0.05) is 12.5 Å². The van der Waals surface area contributed by atoms with Gasteiger partial charge in [0.2, 0.25) is 0 Å². The first-order valence-electron chi connectivity index (χ1n) is 5.09. The predicted octanol–water partition coefficient (Wildman–Crippen LogP) is -0.148. The topological polar surface area (TPSA) is 104 Å². The molecule has 9 heteroatoms. The van der Waals surface area contributed by atoms with Crippen LogP contribution < -0.4 is 0 Å². The Hall–Kier alpha value is -2.29. The van der Waals surface area contributed by atoms with Gasteiger partial charge in [-0.15, -0.1) is 5.10 Å². The number of ether oxygens (including phenoxy) is 1. The van der Waals surface area contributed by atoms with Crippen LogP contribution in [0.25, 0.3) is 5.82 Å². The summed E-state index contributed by atoms with van der Waals surface area (Å²) < 4.78 is 28.8. The van der Waals surface area contributed by atoms with E-state index in [-0.39, 0.29) is 16.5 Å². The van der Waals surface area contributed by atoms with E-state index in [0.717, 1.165) is 10.9 Å². The molecule has 19 heavy (non-hydrogen) atoms. The lowest BCUT2D eigenvalue weighted by molar-refractivity contribution is 0.0587. The van der Waals surface area contributed by atoms with Gasteiger partial charge in [-0.3, -0.25) is 0 Å². The van der Waals surface area contributed by atoms with Crippen molar-refractivity contribution < 1.29 is 17.9 Å². The molecular weight excluding hydrogens is 272 g/mol. The van der Waals surface area contributed by atoms with E-state index in [4.69, 9.17) is 0 Å². The first-order valence-corrected chi connectivity index (χ1v) is 6.98. The molecular formula is C10H10N4O4S. The summed E-state index contributed by atoms with van der Waals surface area (Å²) >= 11 is 0. The smallest absolute Gasteiger partial charge is 0.377 e. The Balaban J connectivity index is 2.54. The lowest BCUT2D eigenvalue weighted by atomic mass is 10.5. The molecule has 0 amide bonds. The molecule has 100 valence electrons. The third kappa shape index (κ3) is 2.60. The van der Waals surface area contributed by atoms with Crippen molar-refractivity contribution in [3.05, 3.63) is 30.5 Å². The maximum absolute atomic E-state index is 11.6. The Morgan fingerprint density at radius 2 is 2.11 bits per heavy atom. The van der Waals surface area contributed by atoms with E-state index in [0.29, 0.717) is 0 Å². The van der Waals surface area contributed by atoms with Crippen LogP contribution in [-0.2, 0) is 14.6 Å². The summed E-state index contributed by atoms with van der Waals surface area (Å²) in [6.07, 6.45) is 3.68. The van der Waals surface area contributed by atoms with Gasteiger partial charge in [-0.2, -0.15) is 0 Å². The molecule has 0 fully saturated rings. The molecule has 0 spiro atoms. The molecule has 0 saturated heterocycles. The fraction of sp³-hybridized carbons (Fsp3) is 0.200. The summed E-state index contributed by atoms with van der Waals surface area (Å²) in [4.78, 5) is 18.9. The van der Waals surface area contributed by atoms with Crippen LogP contribution in [0, 0.1) is 0 Å². The van der Waals surface area contributed by atoms with Crippen molar-refractivity contribution >= 4 is 15.8 Å². The molecule has 0 N–H and O–H groups in total. The van der Waals surface area contributed by atoms with Gasteiger partial charge in [-0.1, -0.05) is 0 Å². The second-order valence-electron chi connectivity index (χ2n) is 3.60. The lowest BCUT2D eigenvalue weighted by Gasteiger charge is -2.04. The number of sulfone groups is 1. The molecule has 0 atom stereocenters. The molecule has 0 aliphatic heterocycles. The van der Waals surface area contributed by atoms with Crippen LogP contribution in [0.4, 0.5) is 0 Å². The highest BCUT2D eigenvalue weighted by molar-refractivity contribution is 7.90. The molecule has 0 bridgehead atoms. The van der Waals surface area contributed by atoms with Crippen LogP contribution in [0.2, 0.25) is 0 Å². The van der Waals surface area contributed by atoms with Gasteiger partial charge >= 0.3 is 5.97 Å². The highest BCUT2D eigenvalue weighted by Gasteiger charge is 2.18. The van der Waals surface area contributed by atoms with Crippen LogP contribution in [0.3, 0.4) is 0 Å². The van der Waals surface area contributed by atoms with E-state index >= 15 is 0 Å². The van der Waals surface area contributed by atoms with Crippen molar-refractivity contribution in [1.29, 1.82) is 0 Å². The van der Waals surface area contributed by atoms with Gasteiger partial charge < -0.3 is 4.74 Å². The predicted molar refractivity (Wildman–Crippen MR) is 63.6 cm³/mol. The third-order valence-electron chi connectivity index (χ3n) is 2.23. The first-order chi connectivity index (χ1) is 8.93. The quantitative estimate of drug-likeness (QED) is 0.721. The number of methoxy groups -OCH3 is 1. The molecule has 2 rings (SSSR count). The molecule has 0 aromatic carbocycles. The van der Waals surface area contributed by atoms with E-state index in [1.807, 2.05) is 0 Å². The normalized spacial score (nSPS) is 11.3. The van der Waals surface area contributed by atoms with Crippen LogP contribution >= 0.6 is 0 Å². The maximum atomic E-state index is 11.6. The van der Waals surface area contributed by atoms with E-state index < -0.39 is 15.8 Å². The number of rotatable bonds is 3. The molecule has 0 aliphatic rings. The number of hydrogen-bond acceptors (Lipinski definition) is 7. The molecule has 0 radical (unpaired) electrons. The zero-order valence-electron chi connectivity index (χ0n) is 10.1. The first kappa shape index (κ1) is 13.1. The van der Waals surface area contributed by atoms with Crippen molar-refractivity contribution in [3.8, 4) is 5.82 Å². The molecule has 2 aromatic rings. The Morgan fingerprint density at radius 3 is 2.74 bits per heavy atom. The number of carbonyl (C=O) groups excluding carboxylic acids is 1. The van der Waals surface area contributed by atoms with E-state index in [1.165, 1.54) is 31.8 Å². The maximum Gasteiger partial charge on any atom is 0.377 e. The average molecular weight is 282 g/mol. The SMILES string of the molecule is COC(=O)c1ncn(-c2ncccc2S(C)(=O)=O)n1. The highest BCUT2D eigenvalue weighted by atomic mass is 32.2. The minimum absolute atomic E-state index is 0.00341. The number of esters is 1. The summed E-state index contributed by atoms with van der Waals surface area (Å²) in [5, 5.41) is 3.83. The van der Waals surface area contributed by atoms with Gasteiger partial charge in [0.05, 0.1) is 7.11 Å². The average Bonchev–Trinajstić information content (AvgIpc) is 2.86. The van der Waals surface area contributed by atoms with Gasteiger partial charge in [0.25, 0.3) is 5.82 Å². The van der Waals surface area contributed by atoms with Crippen LogP contribution in [-0.4, -0.2) is 47.5 Å². The largest absolute Gasteiger partial charge is 0.463 e. The van der Waals surface area contributed by atoms with Crippen molar-refractivity contribution in [1.82, 2.24) is 19.7 Å².